The summed E-state index contributed by atoms with van der Waals surface area (Å²) in [5.74, 6) is -0.271. The van der Waals surface area contributed by atoms with Crippen LogP contribution < -0.4 is 10.1 Å². The lowest BCUT2D eigenvalue weighted by Crippen LogP contribution is -2.14. The van der Waals surface area contributed by atoms with E-state index in [4.69, 9.17) is 16.3 Å². The number of rotatable bonds is 3. The van der Waals surface area contributed by atoms with Gasteiger partial charge in [0.25, 0.3) is 5.91 Å². The van der Waals surface area contributed by atoms with E-state index in [0.717, 1.165) is 0 Å². The van der Waals surface area contributed by atoms with Crippen molar-refractivity contribution < 1.29 is 14.6 Å². The number of anilines is 1. The Kier molecular flexibility index (Phi) is 3.87. The molecule has 1 aromatic carbocycles. The van der Waals surface area contributed by atoms with Gasteiger partial charge in [-0.2, -0.15) is 0 Å². The topological polar surface area (TPSA) is 71.5 Å². The normalized spacial score (nSPS) is 10.0. The molecule has 2 rings (SSSR count). The molecule has 0 radical (unpaired) electrons. The van der Waals surface area contributed by atoms with Gasteiger partial charge in [-0.15, -0.1) is 0 Å². The number of benzene rings is 1. The average Bonchev–Trinajstić information content (AvgIpc) is 2.39. The van der Waals surface area contributed by atoms with Crippen LogP contribution in [-0.2, 0) is 0 Å². The van der Waals surface area contributed by atoms with Gasteiger partial charge in [-0.05, 0) is 30.3 Å². The van der Waals surface area contributed by atoms with E-state index in [0.29, 0.717) is 16.5 Å². The van der Waals surface area contributed by atoms with Crippen molar-refractivity contribution in [3.8, 4) is 11.5 Å². The van der Waals surface area contributed by atoms with Crippen LogP contribution >= 0.6 is 11.6 Å². The molecule has 0 saturated carbocycles. The zero-order chi connectivity index (χ0) is 13.8. The summed E-state index contributed by atoms with van der Waals surface area (Å²) in [6, 6.07) is 7.76. The highest BCUT2D eigenvalue weighted by atomic mass is 35.5. The van der Waals surface area contributed by atoms with Gasteiger partial charge in [-0.3, -0.25) is 4.79 Å². The van der Waals surface area contributed by atoms with Crippen molar-refractivity contribution in [2.24, 2.45) is 0 Å². The van der Waals surface area contributed by atoms with Crippen LogP contribution in [0.4, 0.5) is 5.69 Å². The Bertz CT molecular complexity index is 617. The van der Waals surface area contributed by atoms with Crippen LogP contribution in [0.2, 0.25) is 5.02 Å². The number of halogens is 1. The van der Waals surface area contributed by atoms with E-state index in [1.807, 2.05) is 0 Å². The molecule has 0 aliphatic carbocycles. The molecule has 2 N–H and O–H groups in total. The summed E-state index contributed by atoms with van der Waals surface area (Å²) in [7, 11) is 1.48. The first-order valence-electron chi connectivity index (χ1n) is 5.40. The molecule has 0 atom stereocenters. The monoisotopic (exact) mass is 278 g/mol. The van der Waals surface area contributed by atoms with E-state index in [9.17, 15) is 9.90 Å². The second-order valence-electron chi connectivity index (χ2n) is 3.67. The number of carbonyl (C=O) groups excluding carboxylic acids is 1. The highest BCUT2D eigenvalue weighted by molar-refractivity contribution is 6.31. The summed E-state index contributed by atoms with van der Waals surface area (Å²) >= 11 is 5.86. The number of methoxy groups -OCH3 is 1. The highest BCUT2D eigenvalue weighted by Gasteiger charge is 2.14. The maximum Gasteiger partial charge on any atom is 0.278 e. The summed E-state index contributed by atoms with van der Waals surface area (Å²) in [5.41, 5.74) is 0.342. The first-order chi connectivity index (χ1) is 9.11. The van der Waals surface area contributed by atoms with Crippen molar-refractivity contribution in [3.05, 3.63) is 47.2 Å². The Morgan fingerprint density at radius 2 is 2.21 bits per heavy atom. The van der Waals surface area contributed by atoms with Gasteiger partial charge in [0.15, 0.2) is 5.69 Å². The van der Waals surface area contributed by atoms with Crippen molar-refractivity contribution in [3.63, 3.8) is 0 Å². The van der Waals surface area contributed by atoms with Crippen molar-refractivity contribution in [2.75, 3.05) is 12.4 Å². The van der Waals surface area contributed by atoms with Crippen molar-refractivity contribution >= 4 is 23.2 Å². The van der Waals surface area contributed by atoms with Crippen LogP contribution in [0.25, 0.3) is 0 Å². The van der Waals surface area contributed by atoms with Gasteiger partial charge in [-0.1, -0.05) is 11.6 Å². The number of amides is 1. The number of aromatic hydroxyl groups is 1. The molecule has 6 heteroatoms. The third-order valence-electron chi connectivity index (χ3n) is 2.41. The number of hydrogen-bond acceptors (Lipinski definition) is 4. The largest absolute Gasteiger partial charge is 0.505 e. The van der Waals surface area contributed by atoms with E-state index in [2.05, 4.69) is 10.3 Å². The lowest BCUT2D eigenvalue weighted by atomic mass is 10.2. The molecule has 0 spiro atoms. The van der Waals surface area contributed by atoms with Gasteiger partial charge >= 0.3 is 0 Å². The fourth-order valence-corrected chi connectivity index (χ4v) is 1.70. The minimum atomic E-state index is -0.543. The zero-order valence-corrected chi connectivity index (χ0v) is 10.8. The van der Waals surface area contributed by atoms with Gasteiger partial charge in [0.2, 0.25) is 0 Å². The molecule has 1 aromatic heterocycles. The number of carbonyl (C=O) groups is 1. The molecule has 0 fully saturated rings. The number of nitrogens with one attached hydrogen (secondary N) is 1. The molecule has 5 nitrogen and oxygen atoms in total. The van der Waals surface area contributed by atoms with Crippen molar-refractivity contribution in [1.82, 2.24) is 4.98 Å². The standard InChI is InChI=1S/C13H11ClN2O3/c1-19-11-5-4-8(14)7-9(11)16-13(18)12-10(17)3-2-6-15-12/h2-7,17H,1H3,(H,16,18). The Balaban J connectivity index is 2.29. The highest BCUT2D eigenvalue weighted by Crippen LogP contribution is 2.28. The molecule has 19 heavy (non-hydrogen) atoms. The maximum atomic E-state index is 12.0. The van der Waals surface area contributed by atoms with Gasteiger partial charge in [0, 0.05) is 11.2 Å². The fourth-order valence-electron chi connectivity index (χ4n) is 1.53. The third kappa shape index (κ3) is 2.95. The van der Waals surface area contributed by atoms with Crippen LogP contribution in [0.1, 0.15) is 10.5 Å². The summed E-state index contributed by atoms with van der Waals surface area (Å²) in [6.07, 6.45) is 1.42. The second kappa shape index (κ2) is 5.58. The molecule has 0 aliphatic rings. The van der Waals surface area contributed by atoms with Crippen LogP contribution in [-0.4, -0.2) is 23.1 Å². The number of ether oxygens (including phenoxy) is 1. The van der Waals surface area contributed by atoms with Crippen LogP contribution in [0.3, 0.4) is 0 Å². The zero-order valence-electron chi connectivity index (χ0n) is 10.1. The minimum Gasteiger partial charge on any atom is -0.505 e. The lowest BCUT2D eigenvalue weighted by molar-refractivity contribution is 0.101. The van der Waals surface area contributed by atoms with Crippen molar-refractivity contribution in [2.45, 2.75) is 0 Å². The molecule has 1 heterocycles. The molecule has 0 unspecified atom stereocenters. The number of nitrogens with zero attached hydrogens (tertiary/aromatic N) is 1. The summed E-state index contributed by atoms with van der Waals surface area (Å²) in [4.78, 5) is 15.8. The SMILES string of the molecule is COc1ccc(Cl)cc1NC(=O)c1ncccc1O. The van der Waals surface area contributed by atoms with Crippen LogP contribution in [0.5, 0.6) is 11.5 Å². The molecule has 98 valence electrons. The molecular weight excluding hydrogens is 268 g/mol. The van der Waals surface area contributed by atoms with E-state index in [1.54, 1.807) is 18.2 Å². The smallest absolute Gasteiger partial charge is 0.278 e. The second-order valence-corrected chi connectivity index (χ2v) is 4.11. The summed E-state index contributed by atoms with van der Waals surface area (Å²) < 4.78 is 5.11. The van der Waals surface area contributed by atoms with E-state index in [-0.39, 0.29) is 11.4 Å². The Morgan fingerprint density at radius 1 is 1.42 bits per heavy atom. The van der Waals surface area contributed by atoms with Crippen LogP contribution in [0, 0.1) is 0 Å². The first kappa shape index (κ1) is 13.2. The van der Waals surface area contributed by atoms with Crippen molar-refractivity contribution in [1.29, 1.82) is 0 Å². The van der Waals surface area contributed by atoms with Gasteiger partial charge in [-0.25, -0.2) is 4.98 Å². The molecule has 0 aliphatic heterocycles. The molecule has 0 saturated heterocycles. The van der Waals surface area contributed by atoms with Gasteiger partial charge in [0.05, 0.1) is 12.8 Å². The number of aromatic nitrogens is 1. The maximum absolute atomic E-state index is 12.0. The molecule has 2 aromatic rings. The van der Waals surface area contributed by atoms with E-state index >= 15 is 0 Å². The Labute approximate surface area is 114 Å². The molecule has 0 bridgehead atoms. The molecule has 1 amide bonds. The first-order valence-corrected chi connectivity index (χ1v) is 5.78. The summed E-state index contributed by atoms with van der Waals surface area (Å²) in [6.45, 7) is 0. The number of pyridine rings is 1. The van der Waals surface area contributed by atoms with Gasteiger partial charge < -0.3 is 15.2 Å². The van der Waals surface area contributed by atoms with Gasteiger partial charge in [0.1, 0.15) is 11.5 Å². The summed E-state index contributed by atoms with van der Waals surface area (Å²) in [5, 5.41) is 12.6. The Hall–Kier alpha value is -2.27. The molecular formula is C13H11ClN2O3. The predicted octanol–water partition coefficient (Wildman–Crippen LogP) is 2.70. The van der Waals surface area contributed by atoms with Crippen LogP contribution in [0.15, 0.2) is 36.5 Å². The average molecular weight is 279 g/mol. The third-order valence-corrected chi connectivity index (χ3v) is 2.65. The quantitative estimate of drug-likeness (QED) is 0.905. The minimum absolute atomic E-state index is 0.0653. The number of hydrogen-bond donors (Lipinski definition) is 2. The Morgan fingerprint density at radius 3 is 2.89 bits per heavy atom. The fraction of sp³-hybridized carbons (Fsp3) is 0.0769. The van der Waals surface area contributed by atoms with E-state index in [1.165, 1.54) is 25.4 Å². The van der Waals surface area contributed by atoms with E-state index < -0.39 is 5.91 Å². The predicted molar refractivity (Wildman–Crippen MR) is 71.9 cm³/mol. The lowest BCUT2D eigenvalue weighted by Gasteiger charge is -2.10.